The maximum atomic E-state index is 12.9. The number of halogens is 2. The summed E-state index contributed by atoms with van der Waals surface area (Å²) in [7, 11) is -0.764. The number of aromatic nitrogens is 3. The van der Waals surface area contributed by atoms with Gasteiger partial charge in [-0.05, 0) is 85.0 Å². The summed E-state index contributed by atoms with van der Waals surface area (Å²) in [5.41, 5.74) is 0.295. The first kappa shape index (κ1) is 24.9. The quantitative estimate of drug-likeness (QED) is 0.503. The van der Waals surface area contributed by atoms with Crippen molar-refractivity contribution in [1.82, 2.24) is 23.6 Å². The van der Waals surface area contributed by atoms with Gasteiger partial charge in [-0.15, -0.1) is 0 Å². The molecule has 4 heterocycles. The molecule has 33 heavy (non-hydrogen) atoms. The zero-order valence-electron chi connectivity index (χ0n) is 19.2. The summed E-state index contributed by atoms with van der Waals surface area (Å²) in [6.45, 7) is 5.54. The number of hydrogen-bond donors (Lipinski definition) is 1. The van der Waals surface area contributed by atoms with Gasteiger partial charge in [-0.3, -0.25) is 0 Å². The molecule has 2 aromatic rings. The molecule has 0 aliphatic carbocycles. The number of nitrogens with one attached hydrogen (secondary N) is 1. The topological polar surface area (TPSA) is 110 Å². The molecule has 0 aromatic carbocycles. The molecule has 182 valence electrons. The van der Waals surface area contributed by atoms with Crippen LogP contribution in [0.25, 0.3) is 11.2 Å². The second kappa shape index (κ2) is 8.79. The van der Waals surface area contributed by atoms with E-state index in [9.17, 15) is 13.2 Å². The van der Waals surface area contributed by atoms with Crippen LogP contribution in [0, 0.1) is 3.57 Å². The SMILES string of the molecule is CN(C)S(=O)(=O)n1cc(I)c2nc(Br)c(N3[C@@H]4CC[C@H]3CC(NC(=O)OC(C)(C)C)C4)nc21. The summed E-state index contributed by atoms with van der Waals surface area (Å²) in [6, 6.07) is 0.349. The smallest absolute Gasteiger partial charge is 0.407 e. The van der Waals surface area contributed by atoms with E-state index in [1.165, 1.54) is 18.1 Å². The summed E-state index contributed by atoms with van der Waals surface area (Å²) in [6.07, 6.45) is 4.61. The lowest BCUT2D eigenvalue weighted by molar-refractivity contribution is 0.0492. The molecular weight excluding hydrogens is 627 g/mol. The average molecular weight is 655 g/mol. The lowest BCUT2D eigenvalue weighted by Gasteiger charge is -2.40. The van der Waals surface area contributed by atoms with Gasteiger partial charge in [0.25, 0.3) is 0 Å². The maximum absolute atomic E-state index is 12.9. The number of piperidine rings is 1. The molecule has 1 unspecified atom stereocenters. The van der Waals surface area contributed by atoms with Crippen molar-refractivity contribution >= 4 is 71.8 Å². The second-order valence-electron chi connectivity index (χ2n) is 9.68. The van der Waals surface area contributed by atoms with Crippen LogP contribution in [-0.4, -0.2) is 70.6 Å². The van der Waals surface area contributed by atoms with Crippen LogP contribution in [0.4, 0.5) is 10.6 Å². The van der Waals surface area contributed by atoms with Crippen LogP contribution in [-0.2, 0) is 14.9 Å². The number of rotatable bonds is 4. The summed E-state index contributed by atoms with van der Waals surface area (Å²) >= 11 is 5.65. The fraction of sp³-hybridized carbons (Fsp3) is 0.650. The molecule has 2 bridgehead atoms. The fourth-order valence-corrected chi connectivity index (χ4v) is 6.80. The Labute approximate surface area is 215 Å². The molecule has 3 atom stereocenters. The minimum Gasteiger partial charge on any atom is -0.444 e. The summed E-state index contributed by atoms with van der Waals surface area (Å²) in [5, 5.41) is 3.01. The van der Waals surface area contributed by atoms with Crippen LogP contribution in [0.1, 0.15) is 46.5 Å². The van der Waals surface area contributed by atoms with Gasteiger partial charge in [0.15, 0.2) is 11.5 Å². The van der Waals surface area contributed by atoms with Crippen molar-refractivity contribution in [2.24, 2.45) is 0 Å². The van der Waals surface area contributed by atoms with Gasteiger partial charge in [-0.25, -0.2) is 18.7 Å². The van der Waals surface area contributed by atoms with E-state index in [0.717, 1.165) is 30.0 Å². The Morgan fingerprint density at radius 3 is 2.39 bits per heavy atom. The Hall–Kier alpha value is -1.19. The zero-order chi connectivity index (χ0) is 24.3. The number of ether oxygens (including phenoxy) is 1. The van der Waals surface area contributed by atoms with Gasteiger partial charge in [0.1, 0.15) is 15.7 Å². The predicted octanol–water partition coefficient (Wildman–Crippen LogP) is 3.48. The highest BCUT2D eigenvalue weighted by molar-refractivity contribution is 14.1. The third kappa shape index (κ3) is 4.82. The van der Waals surface area contributed by atoms with Crippen LogP contribution in [0.15, 0.2) is 10.8 Å². The Bertz CT molecular complexity index is 1180. The highest BCUT2D eigenvalue weighted by atomic mass is 127. The number of alkyl carbamates (subject to hydrolysis) is 1. The van der Waals surface area contributed by atoms with Crippen LogP contribution in [0.5, 0.6) is 0 Å². The summed E-state index contributed by atoms with van der Waals surface area (Å²) in [5.74, 6) is 0.635. The van der Waals surface area contributed by atoms with E-state index in [2.05, 4.69) is 53.7 Å². The van der Waals surface area contributed by atoms with Gasteiger partial charge < -0.3 is 15.0 Å². The van der Waals surface area contributed by atoms with Crippen molar-refractivity contribution in [2.45, 2.75) is 70.2 Å². The molecular formula is C20H28BrIN6O4S. The van der Waals surface area contributed by atoms with E-state index in [1.54, 1.807) is 6.20 Å². The van der Waals surface area contributed by atoms with E-state index >= 15 is 0 Å². The van der Waals surface area contributed by atoms with Crippen molar-refractivity contribution in [3.8, 4) is 0 Å². The molecule has 1 N–H and O–H groups in total. The molecule has 13 heteroatoms. The molecule has 0 spiro atoms. The molecule has 1 amide bonds. The normalized spacial score (nSPS) is 23.4. The molecule has 4 rings (SSSR count). The van der Waals surface area contributed by atoms with E-state index in [0.29, 0.717) is 25.2 Å². The first-order valence-corrected chi connectivity index (χ1v) is 14.0. The van der Waals surface area contributed by atoms with Crippen LogP contribution >= 0.6 is 38.5 Å². The number of amides is 1. The van der Waals surface area contributed by atoms with Gasteiger partial charge in [0, 0.05) is 38.4 Å². The number of nitrogens with zero attached hydrogens (tertiary/aromatic N) is 5. The van der Waals surface area contributed by atoms with E-state index < -0.39 is 21.9 Å². The summed E-state index contributed by atoms with van der Waals surface area (Å²) < 4.78 is 34.8. The molecule has 10 nitrogen and oxygen atoms in total. The van der Waals surface area contributed by atoms with Gasteiger partial charge in [0.2, 0.25) is 0 Å². The predicted molar refractivity (Wildman–Crippen MR) is 138 cm³/mol. The zero-order valence-corrected chi connectivity index (χ0v) is 23.7. The summed E-state index contributed by atoms with van der Waals surface area (Å²) in [4.78, 5) is 24.0. The standard InChI is InChI=1S/C20H28BrIN6O4S/c1-20(2,3)32-19(29)23-11-8-12-6-7-13(9-11)28(12)18-16(21)24-15-14(22)10-27(17(15)25-18)33(30,31)26(4)5/h10-13H,6-9H2,1-5H3,(H,23,29)/t11?,12-,13+. The van der Waals surface area contributed by atoms with E-state index in [1.807, 2.05) is 20.8 Å². The molecule has 2 aliphatic rings. The minimum atomic E-state index is -3.74. The van der Waals surface area contributed by atoms with Crippen LogP contribution in [0.2, 0.25) is 0 Å². The van der Waals surface area contributed by atoms with Crippen molar-refractivity contribution in [3.05, 3.63) is 14.4 Å². The number of anilines is 1. The third-order valence-electron chi connectivity index (χ3n) is 5.89. The first-order chi connectivity index (χ1) is 15.3. The monoisotopic (exact) mass is 654 g/mol. The Morgan fingerprint density at radius 1 is 1.24 bits per heavy atom. The molecule has 0 radical (unpaired) electrons. The fourth-order valence-electron chi connectivity index (χ4n) is 4.57. The lowest BCUT2D eigenvalue weighted by atomic mass is 9.97. The number of fused-ring (bicyclic) bond motifs is 3. The van der Waals surface area contributed by atoms with Crippen LogP contribution in [0.3, 0.4) is 0 Å². The maximum Gasteiger partial charge on any atom is 0.407 e. The number of carbonyl (C=O) groups is 1. The first-order valence-electron chi connectivity index (χ1n) is 10.7. The van der Waals surface area contributed by atoms with Gasteiger partial charge >= 0.3 is 16.3 Å². The minimum absolute atomic E-state index is 0.0167. The number of hydrogen-bond acceptors (Lipinski definition) is 7. The Balaban J connectivity index is 1.64. The molecule has 2 fully saturated rings. The van der Waals surface area contributed by atoms with Crippen molar-refractivity contribution in [3.63, 3.8) is 0 Å². The molecule has 0 saturated carbocycles. The van der Waals surface area contributed by atoms with Crippen LogP contribution < -0.4 is 10.2 Å². The van der Waals surface area contributed by atoms with Gasteiger partial charge in [0.05, 0.1) is 3.57 Å². The largest absolute Gasteiger partial charge is 0.444 e. The van der Waals surface area contributed by atoms with E-state index in [-0.39, 0.29) is 18.1 Å². The Kier molecular flexibility index (Phi) is 6.64. The van der Waals surface area contributed by atoms with E-state index in [4.69, 9.17) is 9.72 Å². The second-order valence-corrected chi connectivity index (χ2v) is 13.6. The van der Waals surface area contributed by atoms with Crippen molar-refractivity contribution < 1.29 is 17.9 Å². The van der Waals surface area contributed by atoms with Gasteiger partial charge in [-0.1, -0.05) is 0 Å². The molecule has 2 saturated heterocycles. The Morgan fingerprint density at radius 2 is 1.85 bits per heavy atom. The number of carbonyl (C=O) groups excluding carboxylic acids is 1. The average Bonchev–Trinajstić information content (AvgIpc) is 3.13. The molecule has 2 aliphatic heterocycles. The lowest BCUT2D eigenvalue weighted by Crippen LogP contribution is -2.51. The highest BCUT2D eigenvalue weighted by Gasteiger charge is 2.43. The molecule has 2 aromatic heterocycles. The van der Waals surface area contributed by atoms with Crippen molar-refractivity contribution in [1.29, 1.82) is 0 Å². The van der Waals surface area contributed by atoms with Gasteiger partial charge in [-0.2, -0.15) is 12.7 Å². The highest BCUT2D eigenvalue weighted by Crippen LogP contribution is 2.41. The van der Waals surface area contributed by atoms with Crippen molar-refractivity contribution in [2.75, 3.05) is 19.0 Å². The third-order valence-corrected chi connectivity index (χ3v) is 8.91.